The van der Waals surface area contributed by atoms with Crippen LogP contribution in [0.4, 0.5) is 0 Å². The largest absolute Gasteiger partial charge is 0.459 e. The molecule has 23 heavy (non-hydrogen) atoms. The van der Waals surface area contributed by atoms with E-state index in [2.05, 4.69) is 0 Å². The molecule has 1 unspecified atom stereocenters. The van der Waals surface area contributed by atoms with Gasteiger partial charge in [0.2, 0.25) is 0 Å². The molecule has 5 atom stereocenters. The van der Waals surface area contributed by atoms with Crippen LogP contribution in [0.5, 0.6) is 0 Å². The lowest BCUT2D eigenvalue weighted by Crippen LogP contribution is -2.43. The molecule has 0 aromatic heterocycles. The fraction of sp³-hybridized carbons (Fsp3) is 0.667. The van der Waals surface area contributed by atoms with Crippen molar-refractivity contribution in [1.82, 2.24) is 0 Å². The molecule has 1 heterocycles. The Morgan fingerprint density at radius 3 is 2.48 bits per heavy atom. The number of allylic oxidation sites excluding steroid dienone is 2. The minimum Gasteiger partial charge on any atom is -0.459 e. The van der Waals surface area contributed by atoms with Crippen molar-refractivity contribution in [2.45, 2.75) is 58.8 Å². The second-order valence-electron chi connectivity index (χ2n) is 6.45. The van der Waals surface area contributed by atoms with Crippen molar-refractivity contribution in [2.24, 2.45) is 11.8 Å². The second kappa shape index (κ2) is 7.88. The van der Waals surface area contributed by atoms with Crippen molar-refractivity contribution in [3.05, 3.63) is 23.8 Å². The number of carbonyl (C=O) groups excluding carboxylic acids is 2. The number of aliphatic hydroxyl groups is 1. The zero-order valence-corrected chi connectivity index (χ0v) is 14.8. The first kappa shape index (κ1) is 19.6. The molecule has 1 aliphatic rings. The van der Waals surface area contributed by atoms with Crippen LogP contribution in [0.25, 0.3) is 0 Å². The summed E-state index contributed by atoms with van der Waals surface area (Å²) in [5.74, 6) is -1.23. The van der Waals surface area contributed by atoms with Gasteiger partial charge in [0.15, 0.2) is 5.78 Å². The van der Waals surface area contributed by atoms with E-state index >= 15 is 0 Å². The molecule has 0 amide bonds. The molecular formula is C18H28O5. The van der Waals surface area contributed by atoms with Crippen LogP contribution in [0.2, 0.25) is 0 Å². The molecular weight excluding hydrogens is 296 g/mol. The molecule has 0 bridgehead atoms. The molecule has 0 aliphatic carbocycles. The fourth-order valence-corrected chi connectivity index (χ4v) is 2.93. The number of ether oxygens (including phenoxy) is 2. The van der Waals surface area contributed by atoms with Crippen molar-refractivity contribution in [3.63, 3.8) is 0 Å². The van der Waals surface area contributed by atoms with Crippen molar-refractivity contribution in [2.75, 3.05) is 7.11 Å². The molecule has 1 N–H and O–H groups in total. The Morgan fingerprint density at radius 2 is 1.96 bits per heavy atom. The van der Waals surface area contributed by atoms with Gasteiger partial charge in [-0.2, -0.15) is 0 Å². The molecule has 130 valence electrons. The van der Waals surface area contributed by atoms with E-state index in [-0.39, 0.29) is 11.7 Å². The van der Waals surface area contributed by atoms with Gasteiger partial charge in [0.1, 0.15) is 11.7 Å². The third kappa shape index (κ3) is 4.75. The van der Waals surface area contributed by atoms with Gasteiger partial charge in [-0.25, -0.2) is 0 Å². The van der Waals surface area contributed by atoms with Crippen LogP contribution in [0, 0.1) is 11.8 Å². The third-order valence-corrected chi connectivity index (χ3v) is 4.41. The number of hydrogen-bond donors (Lipinski definition) is 1. The Labute approximate surface area is 138 Å². The van der Waals surface area contributed by atoms with Crippen molar-refractivity contribution < 1.29 is 24.2 Å². The van der Waals surface area contributed by atoms with Crippen molar-refractivity contribution >= 4 is 11.8 Å². The maximum atomic E-state index is 12.4. The maximum Gasteiger partial charge on any atom is 0.311 e. The molecule has 0 saturated carbocycles. The average Bonchev–Trinajstić information content (AvgIpc) is 2.49. The second-order valence-corrected chi connectivity index (χ2v) is 6.45. The Kier molecular flexibility index (Phi) is 6.71. The van der Waals surface area contributed by atoms with Gasteiger partial charge in [0, 0.05) is 13.0 Å². The van der Waals surface area contributed by atoms with E-state index in [0.717, 1.165) is 0 Å². The first-order valence-electron chi connectivity index (χ1n) is 8.01. The van der Waals surface area contributed by atoms with Gasteiger partial charge in [-0.3, -0.25) is 9.59 Å². The smallest absolute Gasteiger partial charge is 0.311 e. The molecule has 0 radical (unpaired) electrons. The highest BCUT2D eigenvalue weighted by atomic mass is 16.6. The quantitative estimate of drug-likeness (QED) is 0.790. The summed E-state index contributed by atoms with van der Waals surface area (Å²) in [5, 5.41) is 10.5. The highest BCUT2D eigenvalue weighted by molar-refractivity contribution is 6.03. The summed E-state index contributed by atoms with van der Waals surface area (Å²) in [6.45, 7) is 8.71. The summed E-state index contributed by atoms with van der Waals surface area (Å²) < 4.78 is 10.9. The lowest BCUT2D eigenvalue weighted by Gasteiger charge is -2.32. The molecule has 0 aromatic carbocycles. The summed E-state index contributed by atoms with van der Waals surface area (Å²) in [6, 6.07) is 0. The van der Waals surface area contributed by atoms with E-state index in [1.807, 2.05) is 13.8 Å². The van der Waals surface area contributed by atoms with Crippen LogP contribution in [0.1, 0.15) is 41.0 Å². The van der Waals surface area contributed by atoms with E-state index < -0.39 is 29.7 Å². The summed E-state index contributed by atoms with van der Waals surface area (Å²) >= 11 is 0. The van der Waals surface area contributed by atoms with Crippen LogP contribution in [0.3, 0.4) is 0 Å². The van der Waals surface area contributed by atoms with E-state index in [4.69, 9.17) is 9.47 Å². The number of methoxy groups -OCH3 is 1. The minimum absolute atomic E-state index is 0.125. The van der Waals surface area contributed by atoms with E-state index in [9.17, 15) is 14.7 Å². The van der Waals surface area contributed by atoms with Gasteiger partial charge in [-0.1, -0.05) is 19.9 Å². The summed E-state index contributed by atoms with van der Waals surface area (Å²) in [6.07, 6.45) is 3.83. The van der Waals surface area contributed by atoms with Crippen LogP contribution in [0.15, 0.2) is 23.8 Å². The average molecular weight is 324 g/mol. The SMILES string of the molecule is CCC1OC(=O)[C@H](C)[C@@H](OC)[C@@H](C)/C=C(\C)C(=O)/C=C/[C@]1(C)O. The zero-order chi connectivity index (χ0) is 17.8. The van der Waals surface area contributed by atoms with Gasteiger partial charge in [0.05, 0.1) is 12.0 Å². The Hall–Kier alpha value is -1.46. The molecule has 5 heteroatoms. The lowest BCUT2D eigenvalue weighted by molar-refractivity contribution is -0.169. The molecule has 5 nitrogen and oxygen atoms in total. The Bertz CT molecular complexity index is 504. The molecule has 1 aliphatic heterocycles. The standard InChI is InChI=1S/C18H28O5/c1-7-15-18(5,21)9-8-14(19)11(2)10-12(3)16(22-6)13(4)17(20)23-15/h8-10,12-13,15-16,21H,7H2,1-6H3/b9-8+,11-10+/t12-,13+,15?,16-,18-/m0/s1. The van der Waals surface area contributed by atoms with Gasteiger partial charge >= 0.3 is 5.97 Å². The number of carbonyl (C=O) groups is 2. The van der Waals surface area contributed by atoms with Gasteiger partial charge in [-0.15, -0.1) is 0 Å². The molecule has 0 aromatic rings. The molecule has 1 rings (SSSR count). The summed E-state index contributed by atoms with van der Waals surface area (Å²) in [4.78, 5) is 24.6. The van der Waals surface area contributed by atoms with Crippen LogP contribution < -0.4 is 0 Å². The number of cyclic esters (lactones) is 1. The van der Waals surface area contributed by atoms with E-state index in [0.29, 0.717) is 12.0 Å². The third-order valence-electron chi connectivity index (χ3n) is 4.41. The predicted molar refractivity (Wildman–Crippen MR) is 87.8 cm³/mol. The fourth-order valence-electron chi connectivity index (χ4n) is 2.93. The van der Waals surface area contributed by atoms with Crippen LogP contribution in [-0.4, -0.2) is 41.8 Å². The first-order valence-corrected chi connectivity index (χ1v) is 8.01. The van der Waals surface area contributed by atoms with Gasteiger partial charge < -0.3 is 14.6 Å². The van der Waals surface area contributed by atoms with E-state index in [1.165, 1.54) is 26.2 Å². The Morgan fingerprint density at radius 1 is 1.35 bits per heavy atom. The van der Waals surface area contributed by atoms with Crippen molar-refractivity contribution in [1.29, 1.82) is 0 Å². The van der Waals surface area contributed by atoms with Crippen LogP contribution >= 0.6 is 0 Å². The Balaban J connectivity index is 3.31. The molecule has 0 fully saturated rings. The number of esters is 1. The lowest BCUT2D eigenvalue weighted by atomic mass is 9.89. The maximum absolute atomic E-state index is 12.4. The number of rotatable bonds is 2. The highest BCUT2D eigenvalue weighted by Gasteiger charge is 2.36. The van der Waals surface area contributed by atoms with Gasteiger partial charge in [-0.05, 0) is 44.9 Å². The topological polar surface area (TPSA) is 72.8 Å². The number of hydrogen-bond acceptors (Lipinski definition) is 5. The summed E-state index contributed by atoms with van der Waals surface area (Å²) in [7, 11) is 1.54. The first-order chi connectivity index (χ1) is 10.6. The van der Waals surface area contributed by atoms with Gasteiger partial charge in [0.25, 0.3) is 0 Å². The summed E-state index contributed by atoms with van der Waals surface area (Å²) in [5.41, 5.74) is -0.853. The minimum atomic E-state index is -1.41. The zero-order valence-electron chi connectivity index (χ0n) is 14.8. The number of ketones is 1. The van der Waals surface area contributed by atoms with Crippen LogP contribution in [-0.2, 0) is 19.1 Å². The molecule has 0 spiro atoms. The predicted octanol–water partition coefficient (Wildman–Crippen LogP) is 2.43. The van der Waals surface area contributed by atoms with Crippen molar-refractivity contribution in [3.8, 4) is 0 Å². The molecule has 0 saturated heterocycles. The van der Waals surface area contributed by atoms with E-state index in [1.54, 1.807) is 19.9 Å². The normalized spacial score (nSPS) is 40.4. The monoisotopic (exact) mass is 324 g/mol. The highest BCUT2D eigenvalue weighted by Crippen LogP contribution is 2.25.